The highest BCUT2D eigenvalue weighted by Gasteiger charge is 2.10. The molecule has 2 rings (SSSR count). The van der Waals surface area contributed by atoms with Crippen LogP contribution in [0.25, 0.3) is 0 Å². The Labute approximate surface area is 130 Å². The van der Waals surface area contributed by atoms with Crippen LogP contribution in [-0.2, 0) is 6.54 Å². The van der Waals surface area contributed by atoms with E-state index >= 15 is 0 Å². The van der Waals surface area contributed by atoms with E-state index in [-0.39, 0.29) is 23.8 Å². The number of benzene rings is 1. The molecule has 0 aliphatic carbocycles. The Hall–Kier alpha value is -2.56. The van der Waals surface area contributed by atoms with Gasteiger partial charge in [0.25, 0.3) is 0 Å². The van der Waals surface area contributed by atoms with Gasteiger partial charge in [0.15, 0.2) is 0 Å². The van der Waals surface area contributed by atoms with Crippen LogP contribution in [0.15, 0.2) is 42.6 Å². The molecule has 1 heterocycles. The monoisotopic (exact) mass is 300 g/mol. The van der Waals surface area contributed by atoms with Gasteiger partial charge < -0.3 is 10.7 Å². The van der Waals surface area contributed by atoms with Crippen molar-refractivity contribution in [3.63, 3.8) is 0 Å². The van der Waals surface area contributed by atoms with Crippen LogP contribution in [0, 0.1) is 16.6 Å². The van der Waals surface area contributed by atoms with Gasteiger partial charge in [-0.1, -0.05) is 32.0 Å². The summed E-state index contributed by atoms with van der Waals surface area (Å²) in [6, 6.07) is 9.93. The molecule has 0 spiro atoms. The van der Waals surface area contributed by atoms with Crippen molar-refractivity contribution in [2.45, 2.75) is 27.3 Å². The number of nitrogens with one attached hydrogen (secondary N) is 3. The Morgan fingerprint density at radius 3 is 2.45 bits per heavy atom. The van der Waals surface area contributed by atoms with Crippen LogP contribution < -0.4 is 5.32 Å². The van der Waals surface area contributed by atoms with Gasteiger partial charge in [-0.25, -0.2) is 9.37 Å². The van der Waals surface area contributed by atoms with Crippen LogP contribution in [-0.4, -0.2) is 16.4 Å². The van der Waals surface area contributed by atoms with E-state index in [0.717, 1.165) is 0 Å². The van der Waals surface area contributed by atoms with Gasteiger partial charge in [-0.15, -0.1) is 0 Å². The van der Waals surface area contributed by atoms with Crippen molar-refractivity contribution in [3.05, 3.63) is 59.5 Å². The molecule has 0 aliphatic heterocycles. The lowest BCUT2D eigenvalue weighted by molar-refractivity contribution is 0.613. The molecule has 116 valence electrons. The van der Waals surface area contributed by atoms with E-state index < -0.39 is 0 Å². The number of anilines is 1. The average molecular weight is 300 g/mol. The van der Waals surface area contributed by atoms with Crippen LogP contribution in [0.1, 0.15) is 31.9 Å². The SMILES string of the molecule is CC.CC(=N)C(=N)c1cccnc1NCc1ccccc1F. The van der Waals surface area contributed by atoms with Crippen molar-refractivity contribution in [2.24, 2.45) is 0 Å². The number of halogens is 1. The third kappa shape index (κ3) is 4.48. The third-order valence-electron chi connectivity index (χ3n) is 2.86. The quantitative estimate of drug-likeness (QED) is 0.722. The van der Waals surface area contributed by atoms with Crippen molar-refractivity contribution in [3.8, 4) is 0 Å². The molecular formula is C17H21FN4. The molecule has 0 atom stereocenters. The molecule has 0 radical (unpaired) electrons. The average Bonchev–Trinajstić information content (AvgIpc) is 2.55. The summed E-state index contributed by atoms with van der Waals surface area (Å²) >= 11 is 0. The molecule has 0 saturated carbocycles. The second kappa shape index (κ2) is 8.67. The minimum Gasteiger partial charge on any atom is -0.365 e. The Balaban J connectivity index is 0.00000116. The predicted octanol–water partition coefficient (Wildman–Crippen LogP) is 4.27. The summed E-state index contributed by atoms with van der Waals surface area (Å²) in [6.07, 6.45) is 1.60. The van der Waals surface area contributed by atoms with Gasteiger partial charge in [0.2, 0.25) is 0 Å². The highest BCUT2D eigenvalue weighted by atomic mass is 19.1. The molecule has 22 heavy (non-hydrogen) atoms. The molecule has 2 aromatic rings. The maximum atomic E-state index is 13.5. The molecule has 1 aromatic carbocycles. The molecule has 0 amide bonds. The van der Waals surface area contributed by atoms with Gasteiger partial charge >= 0.3 is 0 Å². The number of aromatic nitrogens is 1. The van der Waals surface area contributed by atoms with E-state index in [0.29, 0.717) is 16.9 Å². The number of hydrogen-bond acceptors (Lipinski definition) is 4. The van der Waals surface area contributed by atoms with Crippen LogP contribution in [0.4, 0.5) is 10.2 Å². The number of rotatable bonds is 5. The molecule has 0 bridgehead atoms. The summed E-state index contributed by atoms with van der Waals surface area (Å²) in [4.78, 5) is 4.16. The lowest BCUT2D eigenvalue weighted by Crippen LogP contribution is -2.14. The Morgan fingerprint density at radius 2 is 1.82 bits per heavy atom. The molecule has 5 heteroatoms. The van der Waals surface area contributed by atoms with E-state index in [9.17, 15) is 4.39 Å². The largest absolute Gasteiger partial charge is 0.365 e. The van der Waals surface area contributed by atoms with Crippen LogP contribution in [0.3, 0.4) is 0 Å². The maximum Gasteiger partial charge on any atom is 0.135 e. The zero-order valence-corrected chi connectivity index (χ0v) is 13.1. The molecule has 4 nitrogen and oxygen atoms in total. The van der Waals surface area contributed by atoms with Crippen molar-refractivity contribution in [2.75, 3.05) is 5.32 Å². The first-order chi connectivity index (χ1) is 10.6. The first kappa shape index (κ1) is 17.5. The summed E-state index contributed by atoms with van der Waals surface area (Å²) in [5.41, 5.74) is 1.33. The van der Waals surface area contributed by atoms with Crippen LogP contribution in [0.5, 0.6) is 0 Å². The van der Waals surface area contributed by atoms with E-state index in [4.69, 9.17) is 10.8 Å². The Bertz CT molecular complexity index is 653. The molecule has 1 aromatic heterocycles. The normalized spacial score (nSPS) is 9.45. The van der Waals surface area contributed by atoms with Gasteiger partial charge in [0.1, 0.15) is 11.6 Å². The van der Waals surface area contributed by atoms with Gasteiger partial charge in [0, 0.05) is 23.9 Å². The topological polar surface area (TPSA) is 72.6 Å². The maximum absolute atomic E-state index is 13.5. The number of hydrogen-bond donors (Lipinski definition) is 3. The fourth-order valence-corrected chi connectivity index (χ4v) is 1.77. The van der Waals surface area contributed by atoms with Crippen molar-refractivity contribution >= 4 is 17.2 Å². The van der Waals surface area contributed by atoms with Gasteiger partial charge in [-0.2, -0.15) is 0 Å². The molecule has 0 unspecified atom stereocenters. The lowest BCUT2D eigenvalue weighted by atomic mass is 10.1. The number of pyridine rings is 1. The first-order valence-electron chi connectivity index (χ1n) is 7.16. The van der Waals surface area contributed by atoms with E-state index in [1.165, 1.54) is 6.07 Å². The standard InChI is InChI=1S/C15H15FN4.C2H6/c1-10(17)14(18)12-6-4-8-19-15(12)20-9-11-5-2-3-7-13(11)16;1-2/h2-8,17-18H,9H2,1H3,(H,19,20);1-2H3. The van der Waals surface area contributed by atoms with E-state index in [2.05, 4.69) is 10.3 Å². The minimum absolute atomic E-state index is 0.106. The van der Waals surface area contributed by atoms with Gasteiger partial charge in [-0.3, -0.25) is 5.41 Å². The highest BCUT2D eigenvalue weighted by Crippen LogP contribution is 2.15. The fraction of sp³-hybridized carbons (Fsp3) is 0.235. The highest BCUT2D eigenvalue weighted by molar-refractivity contribution is 6.46. The molecule has 0 saturated heterocycles. The smallest absolute Gasteiger partial charge is 0.135 e. The van der Waals surface area contributed by atoms with Crippen molar-refractivity contribution in [1.82, 2.24) is 4.98 Å². The molecule has 0 aliphatic rings. The van der Waals surface area contributed by atoms with Crippen LogP contribution in [0.2, 0.25) is 0 Å². The van der Waals surface area contributed by atoms with E-state index in [1.54, 1.807) is 43.5 Å². The Morgan fingerprint density at radius 1 is 1.14 bits per heavy atom. The summed E-state index contributed by atoms with van der Waals surface area (Å²) in [5, 5.41) is 18.4. The Kier molecular flexibility index (Phi) is 6.89. The second-order valence-electron chi connectivity index (χ2n) is 4.34. The molecule has 0 fully saturated rings. The summed E-state index contributed by atoms with van der Waals surface area (Å²) < 4.78 is 13.5. The van der Waals surface area contributed by atoms with Gasteiger partial charge in [-0.05, 0) is 25.1 Å². The first-order valence-corrected chi connectivity index (χ1v) is 7.16. The van der Waals surface area contributed by atoms with E-state index in [1.807, 2.05) is 13.8 Å². The third-order valence-corrected chi connectivity index (χ3v) is 2.86. The summed E-state index contributed by atoms with van der Waals surface area (Å²) in [7, 11) is 0. The fourth-order valence-electron chi connectivity index (χ4n) is 1.77. The minimum atomic E-state index is -0.282. The van der Waals surface area contributed by atoms with Crippen molar-refractivity contribution in [1.29, 1.82) is 10.8 Å². The summed E-state index contributed by atoms with van der Waals surface area (Å²) in [5.74, 6) is 0.197. The van der Waals surface area contributed by atoms with Crippen LogP contribution >= 0.6 is 0 Å². The molecular weight excluding hydrogens is 279 g/mol. The zero-order chi connectivity index (χ0) is 16.5. The second-order valence-corrected chi connectivity index (χ2v) is 4.34. The summed E-state index contributed by atoms with van der Waals surface area (Å²) in [6.45, 7) is 5.83. The lowest BCUT2D eigenvalue weighted by Gasteiger charge is -2.11. The van der Waals surface area contributed by atoms with Crippen molar-refractivity contribution < 1.29 is 4.39 Å². The predicted molar refractivity (Wildman–Crippen MR) is 89.5 cm³/mol. The molecule has 3 N–H and O–H groups in total. The number of nitrogens with zero attached hydrogens (tertiary/aromatic N) is 1. The van der Waals surface area contributed by atoms with Gasteiger partial charge in [0.05, 0.1) is 11.4 Å². The zero-order valence-electron chi connectivity index (χ0n) is 13.1.